The summed E-state index contributed by atoms with van der Waals surface area (Å²) in [7, 11) is 0. The highest BCUT2D eigenvalue weighted by atomic mass is 16.5. The fourth-order valence-corrected chi connectivity index (χ4v) is 3.66. The van der Waals surface area contributed by atoms with E-state index in [4.69, 9.17) is 4.74 Å². The minimum Gasteiger partial charge on any atom is -0.459 e. The number of nitrogens with one attached hydrogen (secondary N) is 1. The molecule has 29 heavy (non-hydrogen) atoms. The first-order valence-corrected chi connectivity index (χ1v) is 9.72. The number of hydrogen-bond acceptors (Lipinski definition) is 5. The summed E-state index contributed by atoms with van der Waals surface area (Å²) in [5.74, 6) is -3.40. The van der Waals surface area contributed by atoms with Crippen LogP contribution in [0.5, 0.6) is 0 Å². The van der Waals surface area contributed by atoms with Crippen molar-refractivity contribution in [2.75, 3.05) is 0 Å². The summed E-state index contributed by atoms with van der Waals surface area (Å²) in [5.41, 5.74) is -0.0910. The molecule has 1 amide bonds. The van der Waals surface area contributed by atoms with Gasteiger partial charge in [0.1, 0.15) is 5.92 Å². The van der Waals surface area contributed by atoms with Gasteiger partial charge in [0.2, 0.25) is 5.91 Å². The van der Waals surface area contributed by atoms with Crippen molar-refractivity contribution in [3.63, 3.8) is 0 Å². The van der Waals surface area contributed by atoms with Crippen LogP contribution in [0.3, 0.4) is 0 Å². The maximum Gasteiger partial charge on any atom is 0.338 e. The first-order chi connectivity index (χ1) is 13.3. The van der Waals surface area contributed by atoms with Gasteiger partial charge in [0.15, 0.2) is 0 Å². The average molecular weight is 398 g/mol. The lowest BCUT2D eigenvalue weighted by atomic mass is 9.80. The molecule has 0 bridgehead atoms. The van der Waals surface area contributed by atoms with Crippen LogP contribution in [0.4, 0.5) is 0 Å². The molecule has 0 spiro atoms. The number of esters is 1. The van der Waals surface area contributed by atoms with Gasteiger partial charge >= 0.3 is 5.97 Å². The van der Waals surface area contributed by atoms with E-state index in [1.165, 1.54) is 0 Å². The zero-order chi connectivity index (χ0) is 22.4. The fourth-order valence-electron chi connectivity index (χ4n) is 3.66. The van der Waals surface area contributed by atoms with Crippen LogP contribution in [-0.2, 0) is 9.53 Å². The number of nitrogens with zero attached hydrogens (tertiary/aromatic N) is 2. The minimum atomic E-state index is -1.24. The van der Waals surface area contributed by atoms with E-state index in [9.17, 15) is 20.1 Å². The van der Waals surface area contributed by atoms with Crippen LogP contribution in [0.15, 0.2) is 24.3 Å². The predicted octanol–water partition coefficient (Wildman–Crippen LogP) is 4.33. The maximum absolute atomic E-state index is 13.2. The smallest absolute Gasteiger partial charge is 0.338 e. The molecule has 0 saturated carbocycles. The van der Waals surface area contributed by atoms with Gasteiger partial charge in [0.25, 0.3) is 0 Å². The molecule has 0 saturated heterocycles. The Morgan fingerprint density at radius 3 is 2.10 bits per heavy atom. The number of nitriles is 2. The quantitative estimate of drug-likeness (QED) is 0.690. The highest BCUT2D eigenvalue weighted by Crippen LogP contribution is 2.31. The zero-order valence-corrected chi connectivity index (χ0v) is 18.4. The van der Waals surface area contributed by atoms with Crippen molar-refractivity contribution in [2.24, 2.45) is 11.3 Å². The van der Waals surface area contributed by atoms with E-state index >= 15 is 0 Å². The topological polar surface area (TPSA) is 103 Å². The first-order valence-electron chi connectivity index (χ1n) is 9.72. The zero-order valence-electron chi connectivity index (χ0n) is 18.4. The van der Waals surface area contributed by atoms with Crippen LogP contribution in [0.25, 0.3) is 0 Å². The lowest BCUT2D eigenvalue weighted by molar-refractivity contribution is -0.124. The van der Waals surface area contributed by atoms with Gasteiger partial charge in [-0.05, 0) is 51.2 Å². The van der Waals surface area contributed by atoms with Crippen molar-refractivity contribution >= 4 is 11.9 Å². The second kappa shape index (κ2) is 9.56. The van der Waals surface area contributed by atoms with Crippen molar-refractivity contribution in [1.29, 1.82) is 10.5 Å². The Bertz CT molecular complexity index is 809. The van der Waals surface area contributed by atoms with Crippen molar-refractivity contribution < 1.29 is 14.3 Å². The number of ether oxygens (including phenoxy) is 1. The van der Waals surface area contributed by atoms with Crippen molar-refractivity contribution in [1.82, 2.24) is 5.32 Å². The van der Waals surface area contributed by atoms with Crippen molar-refractivity contribution in [3.8, 4) is 12.1 Å². The molecule has 1 N–H and O–H groups in total. The molecule has 156 valence electrons. The molecule has 6 nitrogen and oxygen atoms in total. The minimum absolute atomic E-state index is 0.0326. The molecular formula is C23H31N3O3. The molecule has 0 fully saturated rings. The van der Waals surface area contributed by atoms with Gasteiger partial charge in [-0.1, -0.05) is 39.0 Å². The summed E-state index contributed by atoms with van der Waals surface area (Å²) < 4.78 is 5.28. The second-order valence-corrected chi connectivity index (χ2v) is 9.37. The Morgan fingerprint density at radius 2 is 1.62 bits per heavy atom. The highest BCUT2D eigenvalue weighted by molar-refractivity contribution is 5.95. The first kappa shape index (κ1) is 24.2. The van der Waals surface area contributed by atoms with E-state index in [0.29, 0.717) is 12.0 Å². The standard InChI is InChI=1S/C23H31N3O3/c1-15(2)29-21(28)18-11-9-8-10-17(18)19(16(12-24)13-25)20(27)26-23(6,7)14-22(3,4)5/h8-11,15-16,19H,14H2,1-7H3,(H,26,27). The van der Waals surface area contributed by atoms with E-state index in [0.717, 1.165) is 0 Å². The number of rotatable bonds is 7. The van der Waals surface area contributed by atoms with E-state index in [-0.39, 0.29) is 17.1 Å². The summed E-state index contributed by atoms with van der Waals surface area (Å²) >= 11 is 0. The van der Waals surface area contributed by atoms with Gasteiger partial charge < -0.3 is 10.1 Å². The van der Waals surface area contributed by atoms with E-state index < -0.39 is 29.3 Å². The largest absolute Gasteiger partial charge is 0.459 e. The van der Waals surface area contributed by atoms with Gasteiger partial charge in [0, 0.05) is 5.54 Å². The molecule has 1 aromatic carbocycles. The molecule has 1 aromatic rings. The van der Waals surface area contributed by atoms with Crippen LogP contribution in [-0.4, -0.2) is 23.5 Å². The van der Waals surface area contributed by atoms with Gasteiger partial charge in [-0.2, -0.15) is 10.5 Å². The van der Waals surface area contributed by atoms with E-state index in [1.54, 1.807) is 38.1 Å². The summed E-state index contributed by atoms with van der Waals surface area (Å²) in [6.45, 7) is 13.5. The molecule has 0 aromatic heterocycles. The third-order valence-corrected chi connectivity index (χ3v) is 4.19. The van der Waals surface area contributed by atoms with Crippen molar-refractivity contribution in [2.45, 2.75) is 72.4 Å². The molecular weight excluding hydrogens is 366 g/mol. The third kappa shape index (κ3) is 7.23. The maximum atomic E-state index is 13.2. The Kier molecular flexibility index (Phi) is 7.97. The third-order valence-electron chi connectivity index (χ3n) is 4.19. The Hall–Kier alpha value is -2.86. The molecule has 1 atom stereocenters. The van der Waals surface area contributed by atoms with Crippen molar-refractivity contribution in [3.05, 3.63) is 35.4 Å². The lowest BCUT2D eigenvalue weighted by Gasteiger charge is -2.35. The monoisotopic (exact) mass is 397 g/mol. The Labute approximate surface area is 173 Å². The van der Waals surface area contributed by atoms with E-state index in [2.05, 4.69) is 26.1 Å². The van der Waals surface area contributed by atoms with Crippen LogP contribution < -0.4 is 5.32 Å². The molecule has 1 rings (SSSR count). The van der Waals surface area contributed by atoms with Crippen LogP contribution in [0.1, 0.15) is 76.7 Å². The molecule has 0 radical (unpaired) electrons. The van der Waals surface area contributed by atoms with Gasteiger partial charge in [0.05, 0.1) is 29.7 Å². The summed E-state index contributed by atoms with van der Waals surface area (Å²) in [4.78, 5) is 25.8. The average Bonchev–Trinajstić information content (AvgIpc) is 2.56. The molecule has 6 heteroatoms. The molecule has 1 unspecified atom stereocenters. The number of carbonyl (C=O) groups is 2. The van der Waals surface area contributed by atoms with Gasteiger partial charge in [-0.15, -0.1) is 0 Å². The molecule has 0 aliphatic heterocycles. The summed E-state index contributed by atoms with van der Waals surface area (Å²) in [6.07, 6.45) is 0.357. The Balaban J connectivity index is 3.39. The second-order valence-electron chi connectivity index (χ2n) is 9.37. The molecule has 0 heterocycles. The van der Waals surface area contributed by atoms with Crippen LogP contribution >= 0.6 is 0 Å². The number of carbonyl (C=O) groups excluding carboxylic acids is 2. The number of benzene rings is 1. The summed E-state index contributed by atoms with van der Waals surface area (Å²) in [6, 6.07) is 10.3. The van der Waals surface area contributed by atoms with Gasteiger partial charge in [-0.3, -0.25) is 4.79 Å². The van der Waals surface area contributed by atoms with E-state index in [1.807, 2.05) is 26.0 Å². The number of amides is 1. The highest BCUT2D eigenvalue weighted by Gasteiger charge is 2.37. The predicted molar refractivity (Wildman–Crippen MR) is 111 cm³/mol. The summed E-state index contributed by atoms with van der Waals surface area (Å²) in [5, 5.41) is 22.0. The SMILES string of the molecule is CC(C)OC(=O)c1ccccc1C(C(=O)NC(C)(C)CC(C)(C)C)C(C#N)C#N. The molecule has 0 aliphatic carbocycles. The Morgan fingerprint density at radius 1 is 1.07 bits per heavy atom. The molecule has 0 aliphatic rings. The van der Waals surface area contributed by atoms with Crippen LogP contribution in [0.2, 0.25) is 0 Å². The van der Waals surface area contributed by atoms with Crippen LogP contribution in [0, 0.1) is 34.0 Å². The normalized spacial score (nSPS) is 12.8. The van der Waals surface area contributed by atoms with Gasteiger partial charge in [-0.25, -0.2) is 4.79 Å². The number of hydrogen-bond donors (Lipinski definition) is 1. The fraction of sp³-hybridized carbons (Fsp3) is 0.565. The lowest BCUT2D eigenvalue weighted by Crippen LogP contribution is -2.48.